The fourth-order valence-electron chi connectivity index (χ4n) is 4.03. The highest BCUT2D eigenvalue weighted by Gasteiger charge is 2.28. The van der Waals surface area contributed by atoms with E-state index in [1.54, 1.807) is 45.9 Å². The van der Waals surface area contributed by atoms with Crippen molar-refractivity contribution in [2.24, 2.45) is 0 Å². The Morgan fingerprint density at radius 2 is 1.72 bits per heavy atom. The first-order chi connectivity index (χ1) is 15.5. The van der Waals surface area contributed by atoms with E-state index in [2.05, 4.69) is 0 Å². The monoisotopic (exact) mass is 445 g/mol. The van der Waals surface area contributed by atoms with Gasteiger partial charge in [-0.2, -0.15) is 0 Å². The van der Waals surface area contributed by atoms with E-state index in [0.717, 1.165) is 0 Å². The minimum Gasteiger partial charge on any atom is -0.329 e. The molecule has 1 amide bonds. The molecule has 1 aromatic heterocycles. The SMILES string of the molecule is CCC(c1nc2ccccc2c(=O)n1-c1cccc(Cl)c1)N(CC)C(=O)c1ccccc1. The zero-order chi connectivity index (χ0) is 22.7. The number of para-hydroxylation sites is 1. The van der Waals surface area contributed by atoms with Crippen molar-refractivity contribution in [3.63, 3.8) is 0 Å². The van der Waals surface area contributed by atoms with Crippen LogP contribution in [-0.2, 0) is 0 Å². The zero-order valence-corrected chi connectivity index (χ0v) is 18.8. The number of halogens is 1. The van der Waals surface area contributed by atoms with E-state index in [4.69, 9.17) is 16.6 Å². The molecular formula is C26H24ClN3O2. The summed E-state index contributed by atoms with van der Waals surface area (Å²) in [6.07, 6.45) is 0.595. The van der Waals surface area contributed by atoms with Gasteiger partial charge in [-0.3, -0.25) is 14.2 Å². The second kappa shape index (κ2) is 9.37. The van der Waals surface area contributed by atoms with Gasteiger partial charge < -0.3 is 4.90 Å². The summed E-state index contributed by atoms with van der Waals surface area (Å²) in [6.45, 7) is 4.41. The predicted octanol–water partition coefficient (Wildman–Crippen LogP) is 5.65. The van der Waals surface area contributed by atoms with E-state index in [1.165, 1.54) is 0 Å². The van der Waals surface area contributed by atoms with Crippen LogP contribution in [0.3, 0.4) is 0 Å². The summed E-state index contributed by atoms with van der Waals surface area (Å²) in [7, 11) is 0. The lowest BCUT2D eigenvalue weighted by molar-refractivity contribution is 0.0672. The zero-order valence-electron chi connectivity index (χ0n) is 18.0. The van der Waals surface area contributed by atoms with Gasteiger partial charge in [-0.05, 0) is 55.8 Å². The highest BCUT2D eigenvalue weighted by molar-refractivity contribution is 6.30. The fraction of sp³-hybridized carbons (Fsp3) is 0.192. The Kier molecular flexibility index (Phi) is 6.37. The van der Waals surface area contributed by atoms with Crippen LogP contribution in [0, 0.1) is 0 Å². The van der Waals surface area contributed by atoms with E-state index in [9.17, 15) is 9.59 Å². The molecule has 5 nitrogen and oxygen atoms in total. The molecule has 4 rings (SSSR count). The molecule has 1 unspecified atom stereocenters. The maximum atomic E-state index is 13.6. The second-order valence-electron chi connectivity index (χ2n) is 7.49. The minimum absolute atomic E-state index is 0.0972. The summed E-state index contributed by atoms with van der Waals surface area (Å²) in [6, 6.07) is 23.2. The molecule has 0 bridgehead atoms. The van der Waals surface area contributed by atoms with Crippen LogP contribution in [0.4, 0.5) is 0 Å². The number of aromatic nitrogens is 2. The molecule has 0 fully saturated rings. The Labute approximate surface area is 191 Å². The van der Waals surface area contributed by atoms with Crippen LogP contribution in [0.25, 0.3) is 16.6 Å². The average molecular weight is 446 g/mol. The minimum atomic E-state index is -0.399. The van der Waals surface area contributed by atoms with Gasteiger partial charge >= 0.3 is 0 Å². The van der Waals surface area contributed by atoms with Crippen LogP contribution in [-0.4, -0.2) is 26.9 Å². The molecule has 6 heteroatoms. The number of nitrogens with zero attached hydrogens (tertiary/aromatic N) is 3. The number of benzene rings is 3. The lowest BCUT2D eigenvalue weighted by atomic mass is 10.1. The Morgan fingerprint density at radius 3 is 2.41 bits per heavy atom. The number of hydrogen-bond acceptors (Lipinski definition) is 3. The quantitative estimate of drug-likeness (QED) is 0.385. The van der Waals surface area contributed by atoms with Gasteiger partial charge in [0.1, 0.15) is 5.82 Å². The first kappa shape index (κ1) is 21.8. The lowest BCUT2D eigenvalue weighted by Crippen LogP contribution is -2.38. The van der Waals surface area contributed by atoms with Crippen molar-refractivity contribution >= 4 is 28.4 Å². The number of carbonyl (C=O) groups excluding carboxylic acids is 1. The van der Waals surface area contributed by atoms with Crippen molar-refractivity contribution < 1.29 is 4.79 Å². The van der Waals surface area contributed by atoms with Gasteiger partial charge in [0, 0.05) is 17.1 Å². The summed E-state index contributed by atoms with van der Waals surface area (Å²) in [5.74, 6) is 0.421. The van der Waals surface area contributed by atoms with Crippen LogP contribution in [0.2, 0.25) is 5.02 Å². The van der Waals surface area contributed by atoms with Gasteiger partial charge in [-0.25, -0.2) is 4.98 Å². The normalized spacial score (nSPS) is 12.0. The Hall–Kier alpha value is -3.44. The molecule has 4 aromatic rings. The molecule has 0 radical (unpaired) electrons. The largest absolute Gasteiger partial charge is 0.329 e. The first-order valence-corrected chi connectivity index (χ1v) is 11.1. The summed E-state index contributed by atoms with van der Waals surface area (Å²) < 4.78 is 1.59. The topological polar surface area (TPSA) is 55.2 Å². The highest BCUT2D eigenvalue weighted by Crippen LogP contribution is 2.28. The second-order valence-corrected chi connectivity index (χ2v) is 7.93. The maximum absolute atomic E-state index is 13.6. The van der Waals surface area contributed by atoms with Crippen molar-refractivity contribution in [2.45, 2.75) is 26.3 Å². The average Bonchev–Trinajstić information content (AvgIpc) is 2.82. The lowest BCUT2D eigenvalue weighted by Gasteiger charge is -2.31. The van der Waals surface area contributed by atoms with Crippen molar-refractivity contribution in [3.05, 3.63) is 106 Å². The van der Waals surface area contributed by atoms with Crippen LogP contribution in [0.1, 0.15) is 42.5 Å². The Balaban J connectivity index is 1.95. The van der Waals surface area contributed by atoms with E-state index in [-0.39, 0.29) is 11.5 Å². The molecule has 0 N–H and O–H groups in total. The van der Waals surface area contributed by atoms with Crippen LogP contribution in [0.5, 0.6) is 0 Å². The van der Waals surface area contributed by atoms with Crippen molar-refractivity contribution in [1.29, 1.82) is 0 Å². The number of fused-ring (bicyclic) bond motifs is 1. The number of hydrogen-bond donors (Lipinski definition) is 0. The van der Waals surface area contributed by atoms with Crippen molar-refractivity contribution in [1.82, 2.24) is 14.5 Å². The highest BCUT2D eigenvalue weighted by atomic mass is 35.5. The van der Waals surface area contributed by atoms with E-state index < -0.39 is 6.04 Å². The summed E-state index contributed by atoms with van der Waals surface area (Å²) >= 11 is 6.25. The van der Waals surface area contributed by atoms with Gasteiger partial charge in [0.15, 0.2) is 0 Å². The van der Waals surface area contributed by atoms with Gasteiger partial charge in [0.05, 0.1) is 22.6 Å². The molecule has 0 aliphatic carbocycles. The van der Waals surface area contributed by atoms with E-state index >= 15 is 0 Å². The van der Waals surface area contributed by atoms with Gasteiger partial charge in [-0.15, -0.1) is 0 Å². The Morgan fingerprint density at radius 1 is 1.00 bits per heavy atom. The summed E-state index contributed by atoms with van der Waals surface area (Å²) in [5.41, 5.74) is 1.64. The molecule has 0 aliphatic heterocycles. The number of rotatable bonds is 6. The van der Waals surface area contributed by atoms with Crippen LogP contribution >= 0.6 is 11.6 Å². The molecule has 162 valence electrons. The summed E-state index contributed by atoms with van der Waals surface area (Å²) in [4.78, 5) is 33.7. The fourth-order valence-corrected chi connectivity index (χ4v) is 4.22. The molecule has 1 atom stereocenters. The third-order valence-electron chi connectivity index (χ3n) is 5.55. The smallest absolute Gasteiger partial charge is 0.266 e. The Bertz CT molecular complexity index is 1320. The first-order valence-electron chi connectivity index (χ1n) is 10.7. The molecular weight excluding hydrogens is 422 g/mol. The third-order valence-corrected chi connectivity index (χ3v) is 5.79. The van der Waals surface area contributed by atoms with E-state index in [1.807, 2.05) is 56.3 Å². The van der Waals surface area contributed by atoms with Gasteiger partial charge in [-0.1, -0.05) is 54.9 Å². The maximum Gasteiger partial charge on any atom is 0.266 e. The molecule has 1 heterocycles. The molecule has 32 heavy (non-hydrogen) atoms. The summed E-state index contributed by atoms with van der Waals surface area (Å²) in [5, 5.41) is 1.04. The van der Waals surface area contributed by atoms with Crippen molar-refractivity contribution in [3.8, 4) is 5.69 Å². The molecule has 0 saturated heterocycles. The molecule has 0 aliphatic rings. The van der Waals surface area contributed by atoms with Crippen LogP contribution < -0.4 is 5.56 Å². The van der Waals surface area contributed by atoms with Crippen LogP contribution in [0.15, 0.2) is 83.7 Å². The molecule has 0 spiro atoms. The third kappa shape index (κ3) is 4.04. The molecule has 3 aromatic carbocycles. The standard InChI is InChI=1S/C26H24ClN3O2/c1-3-23(29(4-2)25(31)18-11-6-5-7-12-18)24-28-22-16-9-8-15-21(22)26(32)30(24)20-14-10-13-19(27)17-20/h5-17,23H,3-4H2,1-2H3. The number of carbonyl (C=O) groups is 1. The van der Waals surface area contributed by atoms with E-state index in [0.29, 0.717) is 46.0 Å². The number of amides is 1. The molecule has 0 saturated carbocycles. The van der Waals surface area contributed by atoms with Crippen molar-refractivity contribution in [2.75, 3.05) is 6.54 Å². The predicted molar refractivity (Wildman–Crippen MR) is 129 cm³/mol. The van der Waals surface area contributed by atoms with Gasteiger partial charge in [0.2, 0.25) is 0 Å². The van der Waals surface area contributed by atoms with Gasteiger partial charge in [0.25, 0.3) is 11.5 Å².